The second-order valence-corrected chi connectivity index (χ2v) is 6.40. The third kappa shape index (κ3) is 4.60. The maximum Gasteiger partial charge on any atom is 0.317 e. The molecular weight excluding hydrogens is 284 g/mol. The fraction of sp³-hybridized carbons (Fsp3) is 0.875. The number of carboxylic acid groups (broad SMARTS) is 1. The van der Waals surface area contributed by atoms with Crippen LogP contribution in [0, 0.1) is 11.3 Å². The van der Waals surface area contributed by atoms with Crippen LogP contribution in [0.5, 0.6) is 0 Å². The molecule has 128 valence electrons. The summed E-state index contributed by atoms with van der Waals surface area (Å²) in [6, 6.07) is -0.191. The molecule has 1 aliphatic rings. The number of nitrogens with zero attached hydrogens (tertiary/aromatic N) is 1. The molecule has 22 heavy (non-hydrogen) atoms. The van der Waals surface area contributed by atoms with E-state index in [0.29, 0.717) is 38.5 Å². The number of carbonyl (C=O) groups is 2. The molecule has 1 saturated heterocycles. The summed E-state index contributed by atoms with van der Waals surface area (Å²) in [5.41, 5.74) is -0.880. The molecule has 1 aliphatic heterocycles. The summed E-state index contributed by atoms with van der Waals surface area (Å²) in [4.78, 5) is 25.6. The standard InChI is InChI=1S/C16H30N2O4/c1-5-16(6-2,14(19)20)11-17-15(21)18-8-7-9-22-13(10-18)12(3)4/h12-13H,5-11H2,1-4H3,(H,17,21)(H,19,20). The van der Waals surface area contributed by atoms with E-state index in [9.17, 15) is 14.7 Å². The fourth-order valence-electron chi connectivity index (χ4n) is 2.67. The van der Waals surface area contributed by atoms with Crippen molar-refractivity contribution in [1.29, 1.82) is 0 Å². The Morgan fingerprint density at radius 1 is 1.36 bits per heavy atom. The van der Waals surface area contributed by atoms with Crippen molar-refractivity contribution in [3.05, 3.63) is 0 Å². The van der Waals surface area contributed by atoms with E-state index in [-0.39, 0.29) is 18.7 Å². The normalized spacial score (nSPS) is 19.9. The number of ether oxygens (including phenoxy) is 1. The zero-order valence-corrected chi connectivity index (χ0v) is 14.2. The zero-order chi connectivity index (χ0) is 16.8. The summed E-state index contributed by atoms with van der Waals surface area (Å²) in [5, 5.41) is 12.2. The van der Waals surface area contributed by atoms with Crippen LogP contribution in [0.2, 0.25) is 0 Å². The number of nitrogens with one attached hydrogen (secondary N) is 1. The van der Waals surface area contributed by atoms with Crippen LogP contribution in [0.25, 0.3) is 0 Å². The van der Waals surface area contributed by atoms with Gasteiger partial charge in [-0.2, -0.15) is 0 Å². The van der Waals surface area contributed by atoms with Crippen molar-refractivity contribution in [3.63, 3.8) is 0 Å². The predicted molar refractivity (Wildman–Crippen MR) is 84.8 cm³/mol. The second kappa shape index (κ2) is 8.36. The van der Waals surface area contributed by atoms with Gasteiger partial charge in [0.1, 0.15) is 0 Å². The van der Waals surface area contributed by atoms with E-state index >= 15 is 0 Å². The fourth-order valence-corrected chi connectivity index (χ4v) is 2.67. The average Bonchev–Trinajstić information content (AvgIpc) is 2.74. The van der Waals surface area contributed by atoms with Gasteiger partial charge in [0, 0.05) is 26.2 Å². The van der Waals surface area contributed by atoms with E-state index in [0.717, 1.165) is 6.42 Å². The summed E-state index contributed by atoms with van der Waals surface area (Å²) in [6.07, 6.45) is 1.84. The van der Waals surface area contributed by atoms with Crippen LogP contribution in [0.3, 0.4) is 0 Å². The largest absolute Gasteiger partial charge is 0.481 e. The molecule has 0 aliphatic carbocycles. The van der Waals surface area contributed by atoms with Gasteiger partial charge in [0.25, 0.3) is 0 Å². The Balaban J connectivity index is 2.65. The van der Waals surface area contributed by atoms with Gasteiger partial charge in [-0.3, -0.25) is 4.79 Å². The van der Waals surface area contributed by atoms with E-state index in [1.54, 1.807) is 4.90 Å². The minimum absolute atomic E-state index is 0.0369. The van der Waals surface area contributed by atoms with Gasteiger partial charge in [-0.05, 0) is 25.2 Å². The number of rotatable bonds is 6. The van der Waals surface area contributed by atoms with Crippen LogP contribution in [0.4, 0.5) is 4.79 Å². The first-order chi connectivity index (χ1) is 10.4. The lowest BCUT2D eigenvalue weighted by Gasteiger charge is -2.30. The highest BCUT2D eigenvalue weighted by molar-refractivity contribution is 5.78. The highest BCUT2D eigenvalue weighted by Gasteiger charge is 2.36. The number of urea groups is 1. The van der Waals surface area contributed by atoms with Crippen LogP contribution in [-0.4, -0.2) is 54.4 Å². The highest BCUT2D eigenvalue weighted by atomic mass is 16.5. The van der Waals surface area contributed by atoms with Crippen molar-refractivity contribution in [2.24, 2.45) is 11.3 Å². The monoisotopic (exact) mass is 314 g/mol. The highest BCUT2D eigenvalue weighted by Crippen LogP contribution is 2.25. The van der Waals surface area contributed by atoms with Crippen LogP contribution >= 0.6 is 0 Å². The molecule has 2 amide bonds. The van der Waals surface area contributed by atoms with Gasteiger partial charge in [-0.1, -0.05) is 27.7 Å². The van der Waals surface area contributed by atoms with Gasteiger partial charge in [-0.25, -0.2) is 4.79 Å². The summed E-state index contributed by atoms with van der Waals surface area (Å²) in [7, 11) is 0. The number of hydrogen-bond acceptors (Lipinski definition) is 3. The number of aliphatic carboxylic acids is 1. The van der Waals surface area contributed by atoms with Crippen molar-refractivity contribution >= 4 is 12.0 Å². The Morgan fingerprint density at radius 3 is 2.50 bits per heavy atom. The van der Waals surface area contributed by atoms with E-state index in [1.807, 2.05) is 13.8 Å². The lowest BCUT2D eigenvalue weighted by molar-refractivity contribution is -0.149. The molecule has 1 unspecified atom stereocenters. The molecule has 1 heterocycles. The minimum atomic E-state index is -0.880. The van der Waals surface area contributed by atoms with Crippen LogP contribution in [0.1, 0.15) is 47.0 Å². The van der Waals surface area contributed by atoms with Gasteiger partial charge < -0.3 is 20.1 Å². The van der Waals surface area contributed by atoms with Crippen LogP contribution in [0.15, 0.2) is 0 Å². The first-order valence-electron chi connectivity index (χ1n) is 8.24. The SMILES string of the molecule is CCC(CC)(CNC(=O)N1CCCOC(C(C)C)C1)C(=O)O. The molecule has 0 radical (unpaired) electrons. The summed E-state index contributed by atoms with van der Waals surface area (Å²) in [5.74, 6) is -0.505. The number of amides is 2. The first kappa shape index (κ1) is 18.7. The van der Waals surface area contributed by atoms with E-state index in [4.69, 9.17) is 4.74 Å². The third-order valence-electron chi connectivity index (χ3n) is 4.72. The van der Waals surface area contributed by atoms with Gasteiger partial charge in [0.2, 0.25) is 0 Å². The maximum atomic E-state index is 12.4. The smallest absolute Gasteiger partial charge is 0.317 e. The molecule has 1 rings (SSSR count). The van der Waals surface area contributed by atoms with Gasteiger partial charge in [0.15, 0.2) is 0 Å². The Hall–Kier alpha value is -1.30. The molecule has 6 nitrogen and oxygen atoms in total. The Bertz CT molecular complexity index is 380. The average molecular weight is 314 g/mol. The quantitative estimate of drug-likeness (QED) is 0.788. The number of carbonyl (C=O) groups excluding carboxylic acids is 1. The molecule has 0 bridgehead atoms. The second-order valence-electron chi connectivity index (χ2n) is 6.40. The molecule has 0 saturated carbocycles. The van der Waals surface area contributed by atoms with Crippen molar-refractivity contribution < 1.29 is 19.4 Å². The van der Waals surface area contributed by atoms with Crippen molar-refractivity contribution in [2.45, 2.75) is 53.1 Å². The molecule has 0 spiro atoms. The van der Waals surface area contributed by atoms with E-state index in [1.165, 1.54) is 0 Å². The van der Waals surface area contributed by atoms with Crippen molar-refractivity contribution in [2.75, 3.05) is 26.2 Å². The number of carboxylic acids is 1. The van der Waals surface area contributed by atoms with Crippen molar-refractivity contribution in [3.8, 4) is 0 Å². The Kier molecular flexibility index (Phi) is 7.13. The topological polar surface area (TPSA) is 78.9 Å². The first-order valence-corrected chi connectivity index (χ1v) is 8.24. The maximum absolute atomic E-state index is 12.4. The molecule has 2 N–H and O–H groups in total. The summed E-state index contributed by atoms with van der Waals surface area (Å²) >= 11 is 0. The van der Waals surface area contributed by atoms with Crippen molar-refractivity contribution in [1.82, 2.24) is 10.2 Å². The summed E-state index contributed by atoms with van der Waals surface area (Å²) in [6.45, 7) is 9.88. The van der Waals surface area contributed by atoms with Crippen LogP contribution in [-0.2, 0) is 9.53 Å². The lowest BCUT2D eigenvalue weighted by atomic mass is 9.82. The zero-order valence-electron chi connectivity index (χ0n) is 14.2. The molecule has 0 aromatic rings. The van der Waals surface area contributed by atoms with Gasteiger partial charge >= 0.3 is 12.0 Å². The van der Waals surface area contributed by atoms with E-state index < -0.39 is 11.4 Å². The summed E-state index contributed by atoms with van der Waals surface area (Å²) < 4.78 is 5.75. The molecule has 0 aromatic carbocycles. The van der Waals surface area contributed by atoms with E-state index in [2.05, 4.69) is 19.2 Å². The molecule has 0 aromatic heterocycles. The minimum Gasteiger partial charge on any atom is -0.481 e. The molecular formula is C16H30N2O4. The Labute approximate surface area is 133 Å². The van der Waals surface area contributed by atoms with Gasteiger partial charge in [-0.15, -0.1) is 0 Å². The third-order valence-corrected chi connectivity index (χ3v) is 4.72. The van der Waals surface area contributed by atoms with Crippen LogP contribution < -0.4 is 5.32 Å². The molecule has 1 fully saturated rings. The van der Waals surface area contributed by atoms with Gasteiger partial charge in [0.05, 0.1) is 11.5 Å². The number of hydrogen-bond donors (Lipinski definition) is 2. The predicted octanol–water partition coefficient (Wildman–Crippen LogP) is 2.33. The Morgan fingerprint density at radius 2 is 2.00 bits per heavy atom. The molecule has 6 heteroatoms. The molecule has 1 atom stereocenters. The lowest BCUT2D eigenvalue weighted by Crippen LogP contribution is -2.49.